The van der Waals surface area contributed by atoms with Crippen molar-refractivity contribution in [3.63, 3.8) is 0 Å². The van der Waals surface area contributed by atoms with Crippen molar-refractivity contribution in [2.45, 2.75) is 25.6 Å². The van der Waals surface area contributed by atoms with Crippen LogP contribution < -0.4 is 0 Å². The maximum absolute atomic E-state index is 11.3. The van der Waals surface area contributed by atoms with E-state index < -0.39 is 5.97 Å². The summed E-state index contributed by atoms with van der Waals surface area (Å²) in [5.41, 5.74) is 0. The molecular weight excluding hydrogens is 262 g/mol. The average Bonchev–Trinajstić information content (AvgIpc) is 2.87. The van der Waals surface area contributed by atoms with Crippen LogP contribution in [0.3, 0.4) is 0 Å². The lowest BCUT2D eigenvalue weighted by atomic mass is 10.0. The molecule has 0 radical (unpaired) electrons. The Morgan fingerprint density at radius 3 is 2.45 bits per heavy atom. The Morgan fingerprint density at radius 2 is 1.85 bits per heavy atom. The van der Waals surface area contributed by atoms with Crippen molar-refractivity contribution >= 4 is 11.8 Å². The Balaban J connectivity index is 1.61. The number of carbonyl (C=O) groups is 2. The summed E-state index contributed by atoms with van der Waals surface area (Å²) in [5, 5.41) is 0. The molecule has 0 amide bonds. The normalized spacial score (nSPS) is 22.4. The van der Waals surface area contributed by atoms with E-state index in [1.165, 1.54) is 13.0 Å². The van der Waals surface area contributed by atoms with Crippen molar-refractivity contribution < 1.29 is 23.8 Å². The number of likely N-dealkylation sites (tertiary alicyclic amines) is 1. The third kappa shape index (κ3) is 4.40. The molecule has 2 aliphatic rings. The van der Waals surface area contributed by atoms with Crippen LogP contribution in [-0.2, 0) is 23.8 Å². The predicted molar refractivity (Wildman–Crippen MR) is 71.1 cm³/mol. The number of nitrogens with zero attached hydrogens (tertiary/aromatic N) is 1. The molecule has 0 unspecified atom stereocenters. The lowest BCUT2D eigenvalue weighted by molar-refractivity contribution is -0.186. The van der Waals surface area contributed by atoms with Gasteiger partial charge in [0.05, 0.1) is 13.2 Å². The molecule has 0 aromatic carbocycles. The second-order valence-corrected chi connectivity index (χ2v) is 5.06. The van der Waals surface area contributed by atoms with Crippen molar-refractivity contribution in [3.8, 4) is 0 Å². The van der Waals surface area contributed by atoms with Gasteiger partial charge in [0.15, 0.2) is 11.6 Å². The van der Waals surface area contributed by atoms with E-state index in [1.54, 1.807) is 0 Å². The van der Waals surface area contributed by atoms with Crippen molar-refractivity contribution in [1.82, 2.24) is 4.90 Å². The van der Waals surface area contributed by atoms with Crippen molar-refractivity contribution in [2.75, 3.05) is 39.5 Å². The second-order valence-electron chi connectivity index (χ2n) is 5.06. The van der Waals surface area contributed by atoms with Crippen molar-refractivity contribution in [1.29, 1.82) is 0 Å². The molecule has 0 bridgehead atoms. The van der Waals surface area contributed by atoms with Crippen LogP contribution in [-0.4, -0.2) is 61.9 Å². The third-order valence-electron chi connectivity index (χ3n) is 3.54. The molecule has 2 fully saturated rings. The highest BCUT2D eigenvalue weighted by Crippen LogP contribution is 2.30. The minimum atomic E-state index is -0.476. The zero-order chi connectivity index (χ0) is 14.4. The molecule has 6 nitrogen and oxygen atoms in total. The number of hydrogen-bond acceptors (Lipinski definition) is 6. The third-order valence-corrected chi connectivity index (χ3v) is 3.54. The Labute approximate surface area is 118 Å². The standard InChI is InChI=1S/C14H21NO5/c1-12(16)2-3-13(17)18-9-8-15-6-4-14(5-7-15)19-10-11-20-14/h2-3H,4-11H2,1H3/b3-2+. The fraction of sp³-hybridized carbons (Fsp3) is 0.714. The van der Waals surface area contributed by atoms with Gasteiger partial charge in [0.1, 0.15) is 6.61 Å². The summed E-state index contributed by atoms with van der Waals surface area (Å²) in [4.78, 5) is 24.2. The van der Waals surface area contributed by atoms with Crippen LogP contribution in [0.1, 0.15) is 19.8 Å². The first-order chi connectivity index (χ1) is 9.60. The minimum absolute atomic E-state index is 0.167. The highest BCUT2D eigenvalue weighted by molar-refractivity contribution is 5.94. The molecule has 0 saturated carbocycles. The molecule has 0 atom stereocenters. The molecule has 0 aromatic rings. The first-order valence-electron chi connectivity index (χ1n) is 6.95. The van der Waals surface area contributed by atoms with Gasteiger partial charge >= 0.3 is 5.97 Å². The van der Waals surface area contributed by atoms with E-state index in [-0.39, 0.29) is 11.6 Å². The maximum atomic E-state index is 11.3. The first-order valence-corrected chi connectivity index (χ1v) is 6.95. The summed E-state index contributed by atoms with van der Waals surface area (Å²) < 4.78 is 16.3. The number of ether oxygens (including phenoxy) is 3. The summed E-state index contributed by atoms with van der Waals surface area (Å²) in [6, 6.07) is 0. The molecular formula is C14H21NO5. The minimum Gasteiger partial charge on any atom is -0.461 e. The van der Waals surface area contributed by atoms with Crippen molar-refractivity contribution in [3.05, 3.63) is 12.2 Å². The van der Waals surface area contributed by atoms with Gasteiger partial charge in [-0.05, 0) is 13.0 Å². The molecule has 2 saturated heterocycles. The first kappa shape index (κ1) is 15.2. The van der Waals surface area contributed by atoms with Crippen LogP contribution in [0.15, 0.2) is 12.2 Å². The zero-order valence-electron chi connectivity index (χ0n) is 11.8. The van der Waals surface area contributed by atoms with Crippen LogP contribution in [0.2, 0.25) is 0 Å². The monoisotopic (exact) mass is 283 g/mol. The fourth-order valence-electron chi connectivity index (χ4n) is 2.41. The smallest absolute Gasteiger partial charge is 0.330 e. The van der Waals surface area contributed by atoms with Crippen LogP contribution in [0, 0.1) is 0 Å². The fourth-order valence-corrected chi connectivity index (χ4v) is 2.41. The summed E-state index contributed by atoms with van der Waals surface area (Å²) in [6.45, 7) is 5.52. The highest BCUT2D eigenvalue weighted by atomic mass is 16.7. The van der Waals surface area contributed by atoms with Gasteiger partial charge in [0.25, 0.3) is 0 Å². The second kappa shape index (κ2) is 6.97. The maximum Gasteiger partial charge on any atom is 0.330 e. The van der Waals surface area contributed by atoms with E-state index in [9.17, 15) is 9.59 Å². The largest absolute Gasteiger partial charge is 0.461 e. The van der Waals surface area contributed by atoms with E-state index in [1.807, 2.05) is 0 Å². The molecule has 2 rings (SSSR count). The summed E-state index contributed by atoms with van der Waals surface area (Å²) in [7, 11) is 0. The Kier molecular flexibility index (Phi) is 5.28. The number of ketones is 1. The van der Waals surface area contributed by atoms with E-state index in [4.69, 9.17) is 14.2 Å². The Bertz CT molecular complexity index is 377. The van der Waals surface area contributed by atoms with Gasteiger partial charge in [-0.2, -0.15) is 0 Å². The topological polar surface area (TPSA) is 65.1 Å². The van der Waals surface area contributed by atoms with Crippen LogP contribution in [0.5, 0.6) is 0 Å². The van der Waals surface area contributed by atoms with Gasteiger partial charge in [0, 0.05) is 38.6 Å². The molecule has 2 aliphatic heterocycles. The molecule has 6 heteroatoms. The van der Waals surface area contributed by atoms with Crippen LogP contribution in [0.25, 0.3) is 0 Å². The summed E-state index contributed by atoms with van der Waals surface area (Å²) in [6.07, 6.45) is 4.08. The number of rotatable bonds is 5. The molecule has 112 valence electrons. The van der Waals surface area contributed by atoms with Crippen LogP contribution in [0.4, 0.5) is 0 Å². The quantitative estimate of drug-likeness (QED) is 0.541. The lowest BCUT2D eigenvalue weighted by Gasteiger charge is -2.37. The van der Waals surface area contributed by atoms with E-state index in [0.29, 0.717) is 26.4 Å². The Morgan fingerprint density at radius 1 is 1.20 bits per heavy atom. The number of hydrogen-bond donors (Lipinski definition) is 0. The summed E-state index contributed by atoms with van der Waals surface area (Å²) >= 11 is 0. The van der Waals surface area contributed by atoms with E-state index >= 15 is 0 Å². The van der Waals surface area contributed by atoms with Gasteiger partial charge in [-0.25, -0.2) is 4.79 Å². The van der Waals surface area contributed by atoms with Gasteiger partial charge in [-0.15, -0.1) is 0 Å². The van der Waals surface area contributed by atoms with Crippen molar-refractivity contribution in [2.24, 2.45) is 0 Å². The molecule has 20 heavy (non-hydrogen) atoms. The van der Waals surface area contributed by atoms with Gasteiger partial charge in [-0.1, -0.05) is 0 Å². The Hall–Kier alpha value is -1.24. The number of carbonyl (C=O) groups excluding carboxylic acids is 2. The van der Waals surface area contributed by atoms with Crippen LogP contribution >= 0.6 is 0 Å². The predicted octanol–water partition coefficient (Wildman–Crippen LogP) is 0.514. The molecule has 2 heterocycles. The number of esters is 1. The lowest BCUT2D eigenvalue weighted by Crippen LogP contribution is -2.46. The molecule has 0 aliphatic carbocycles. The molecule has 0 N–H and O–H groups in total. The number of allylic oxidation sites excluding steroid dienone is 1. The molecule has 0 aromatic heterocycles. The summed E-state index contributed by atoms with van der Waals surface area (Å²) in [5.74, 6) is -1.01. The van der Waals surface area contributed by atoms with E-state index in [0.717, 1.165) is 32.0 Å². The molecule has 1 spiro atoms. The number of piperidine rings is 1. The van der Waals surface area contributed by atoms with Gasteiger partial charge in [-0.3, -0.25) is 9.69 Å². The highest BCUT2D eigenvalue weighted by Gasteiger charge is 2.39. The average molecular weight is 283 g/mol. The SMILES string of the molecule is CC(=O)/C=C/C(=O)OCCN1CCC2(CC1)OCCO2. The van der Waals surface area contributed by atoms with Gasteiger partial charge < -0.3 is 14.2 Å². The zero-order valence-corrected chi connectivity index (χ0v) is 11.8. The van der Waals surface area contributed by atoms with Gasteiger partial charge in [0.2, 0.25) is 0 Å². The van der Waals surface area contributed by atoms with E-state index in [2.05, 4.69) is 4.90 Å².